The highest BCUT2D eigenvalue weighted by molar-refractivity contribution is 7.12. The Morgan fingerprint density at radius 2 is 2.22 bits per heavy atom. The van der Waals surface area contributed by atoms with Crippen LogP contribution in [0.5, 0.6) is 5.75 Å². The fraction of sp³-hybridized carbons (Fsp3) is 0.615. The van der Waals surface area contributed by atoms with Gasteiger partial charge in [-0.15, -0.1) is 22.9 Å². The molecule has 1 amide bonds. The summed E-state index contributed by atoms with van der Waals surface area (Å²) in [5.74, 6) is 1.31. The van der Waals surface area contributed by atoms with Gasteiger partial charge in [-0.25, -0.2) is 0 Å². The van der Waals surface area contributed by atoms with Crippen LogP contribution < -0.4 is 10.1 Å². The number of methoxy groups -OCH3 is 1. The van der Waals surface area contributed by atoms with E-state index < -0.39 is 0 Å². The number of amides is 1. The van der Waals surface area contributed by atoms with Crippen molar-refractivity contribution in [1.82, 2.24) is 5.32 Å². The Morgan fingerprint density at radius 3 is 2.83 bits per heavy atom. The summed E-state index contributed by atoms with van der Waals surface area (Å²) in [5, 5.41) is 5.17. The second-order valence-electron chi connectivity index (χ2n) is 4.68. The van der Waals surface area contributed by atoms with E-state index in [1.807, 2.05) is 5.38 Å². The summed E-state index contributed by atoms with van der Waals surface area (Å²) in [4.78, 5) is 12.6. The molecule has 1 heterocycles. The van der Waals surface area contributed by atoms with Gasteiger partial charge >= 0.3 is 0 Å². The van der Waals surface area contributed by atoms with Crippen molar-refractivity contribution >= 4 is 28.8 Å². The molecule has 1 fully saturated rings. The smallest absolute Gasteiger partial charge is 0.261 e. The van der Waals surface area contributed by atoms with E-state index in [4.69, 9.17) is 16.3 Å². The normalized spacial score (nSPS) is 23.7. The number of halogens is 1. The van der Waals surface area contributed by atoms with E-state index in [-0.39, 0.29) is 5.91 Å². The minimum atomic E-state index is -0.00343. The first-order valence-corrected chi connectivity index (χ1v) is 7.55. The molecule has 1 aliphatic rings. The molecule has 0 atom stereocenters. The van der Waals surface area contributed by atoms with Crippen LogP contribution in [0.2, 0.25) is 0 Å². The molecular weight excluding hydrogens is 270 g/mol. The van der Waals surface area contributed by atoms with Crippen molar-refractivity contribution < 1.29 is 9.53 Å². The number of carbonyl (C=O) groups excluding carboxylic acids is 1. The number of nitrogens with one attached hydrogen (secondary N) is 1. The summed E-state index contributed by atoms with van der Waals surface area (Å²) in [5.41, 5.74) is 0. The van der Waals surface area contributed by atoms with Gasteiger partial charge < -0.3 is 10.1 Å². The molecule has 1 aliphatic carbocycles. The first-order chi connectivity index (χ1) is 8.69. The largest absolute Gasteiger partial charge is 0.496 e. The summed E-state index contributed by atoms with van der Waals surface area (Å²) >= 11 is 7.47. The molecule has 1 saturated carbocycles. The van der Waals surface area contributed by atoms with E-state index in [0.29, 0.717) is 16.2 Å². The fourth-order valence-corrected chi connectivity index (χ4v) is 3.22. The average Bonchev–Trinajstić information content (AvgIpc) is 2.86. The van der Waals surface area contributed by atoms with Crippen LogP contribution in [0.15, 0.2) is 11.4 Å². The Labute approximate surface area is 116 Å². The van der Waals surface area contributed by atoms with Crippen molar-refractivity contribution in [2.75, 3.05) is 13.7 Å². The molecule has 0 spiro atoms. The van der Waals surface area contributed by atoms with Crippen molar-refractivity contribution in [3.05, 3.63) is 16.3 Å². The zero-order chi connectivity index (χ0) is 13.0. The minimum absolute atomic E-state index is 0.00343. The zero-order valence-corrected chi connectivity index (χ0v) is 12.0. The summed E-state index contributed by atoms with van der Waals surface area (Å²) < 4.78 is 5.07. The van der Waals surface area contributed by atoms with Crippen LogP contribution in [0.3, 0.4) is 0 Å². The van der Waals surface area contributed by atoms with Crippen LogP contribution in [0.1, 0.15) is 35.4 Å². The standard InChI is InChI=1S/C13H18ClNO2S/c1-17-11-6-12(18-8-11)13(16)15-7-9-2-4-10(14)5-3-9/h6,8-10H,2-5,7H2,1H3,(H,15,16). The third kappa shape index (κ3) is 3.62. The van der Waals surface area contributed by atoms with Gasteiger partial charge in [0.15, 0.2) is 0 Å². The van der Waals surface area contributed by atoms with Gasteiger partial charge in [0.1, 0.15) is 5.75 Å². The Bertz CT molecular complexity index is 399. The van der Waals surface area contributed by atoms with Crippen LogP contribution in [0.25, 0.3) is 0 Å². The van der Waals surface area contributed by atoms with Crippen LogP contribution in [0, 0.1) is 5.92 Å². The molecule has 3 nitrogen and oxygen atoms in total. The summed E-state index contributed by atoms with van der Waals surface area (Å²) in [6.07, 6.45) is 4.36. The lowest BCUT2D eigenvalue weighted by Crippen LogP contribution is -2.31. The SMILES string of the molecule is COc1csc(C(=O)NCC2CCC(Cl)CC2)c1. The van der Waals surface area contributed by atoms with Crippen molar-refractivity contribution in [2.45, 2.75) is 31.1 Å². The molecule has 18 heavy (non-hydrogen) atoms. The second kappa shape index (κ2) is 6.43. The highest BCUT2D eigenvalue weighted by atomic mass is 35.5. The molecule has 1 N–H and O–H groups in total. The molecule has 0 aromatic carbocycles. The fourth-order valence-electron chi connectivity index (χ4n) is 2.19. The van der Waals surface area contributed by atoms with Crippen molar-refractivity contribution in [2.24, 2.45) is 5.92 Å². The molecule has 0 unspecified atom stereocenters. The highest BCUT2D eigenvalue weighted by Gasteiger charge is 2.20. The van der Waals surface area contributed by atoms with Crippen LogP contribution >= 0.6 is 22.9 Å². The second-order valence-corrected chi connectivity index (χ2v) is 6.21. The topological polar surface area (TPSA) is 38.3 Å². The molecule has 0 bridgehead atoms. The Kier molecular flexibility index (Phi) is 4.89. The van der Waals surface area contributed by atoms with Crippen molar-refractivity contribution in [1.29, 1.82) is 0 Å². The molecule has 1 aromatic heterocycles. The average molecular weight is 288 g/mol. The predicted molar refractivity (Wildman–Crippen MR) is 74.8 cm³/mol. The Balaban J connectivity index is 1.77. The maximum Gasteiger partial charge on any atom is 0.261 e. The van der Waals surface area contributed by atoms with Gasteiger partial charge in [-0.05, 0) is 31.6 Å². The Morgan fingerprint density at radius 1 is 1.50 bits per heavy atom. The lowest BCUT2D eigenvalue weighted by molar-refractivity contribution is 0.0947. The first-order valence-electron chi connectivity index (χ1n) is 6.24. The minimum Gasteiger partial charge on any atom is -0.496 e. The summed E-state index contributed by atoms with van der Waals surface area (Å²) in [6, 6.07) is 1.77. The van der Waals surface area contributed by atoms with Crippen LogP contribution in [0.4, 0.5) is 0 Å². The van der Waals surface area contributed by atoms with E-state index in [1.54, 1.807) is 13.2 Å². The van der Waals surface area contributed by atoms with Crippen molar-refractivity contribution in [3.8, 4) is 5.75 Å². The first kappa shape index (κ1) is 13.7. The van der Waals surface area contributed by atoms with Gasteiger partial charge in [0.2, 0.25) is 0 Å². The van der Waals surface area contributed by atoms with Gasteiger partial charge in [-0.3, -0.25) is 4.79 Å². The number of alkyl halides is 1. The highest BCUT2D eigenvalue weighted by Crippen LogP contribution is 2.27. The van der Waals surface area contributed by atoms with E-state index in [9.17, 15) is 4.79 Å². The quantitative estimate of drug-likeness (QED) is 0.863. The number of ether oxygens (including phenoxy) is 1. The number of hydrogen-bond donors (Lipinski definition) is 1. The number of rotatable bonds is 4. The molecule has 1 aromatic rings. The number of thiophene rings is 1. The van der Waals surface area contributed by atoms with Gasteiger partial charge in [0.05, 0.1) is 12.0 Å². The number of carbonyl (C=O) groups is 1. The summed E-state index contributed by atoms with van der Waals surface area (Å²) in [6.45, 7) is 0.753. The van der Waals surface area contributed by atoms with Crippen LogP contribution in [-0.4, -0.2) is 24.9 Å². The molecule has 5 heteroatoms. The predicted octanol–water partition coefficient (Wildman–Crippen LogP) is 3.28. The summed E-state index contributed by atoms with van der Waals surface area (Å²) in [7, 11) is 1.61. The van der Waals surface area contributed by atoms with E-state index >= 15 is 0 Å². The maximum atomic E-state index is 11.9. The van der Waals surface area contributed by atoms with Crippen LogP contribution in [-0.2, 0) is 0 Å². The molecular formula is C13H18ClNO2S. The van der Waals surface area contributed by atoms with E-state index in [2.05, 4.69) is 5.32 Å². The maximum absolute atomic E-state index is 11.9. The van der Waals surface area contributed by atoms with E-state index in [0.717, 1.165) is 38.0 Å². The molecule has 100 valence electrons. The van der Waals surface area contributed by atoms with Gasteiger partial charge in [0, 0.05) is 23.4 Å². The molecule has 0 radical (unpaired) electrons. The number of hydrogen-bond acceptors (Lipinski definition) is 3. The monoisotopic (exact) mass is 287 g/mol. The van der Waals surface area contributed by atoms with Gasteiger partial charge in [-0.2, -0.15) is 0 Å². The lowest BCUT2D eigenvalue weighted by Gasteiger charge is -2.24. The molecule has 0 saturated heterocycles. The molecule has 0 aliphatic heterocycles. The third-order valence-corrected chi connectivity index (χ3v) is 4.71. The van der Waals surface area contributed by atoms with Gasteiger partial charge in [0.25, 0.3) is 5.91 Å². The van der Waals surface area contributed by atoms with Crippen molar-refractivity contribution in [3.63, 3.8) is 0 Å². The lowest BCUT2D eigenvalue weighted by atomic mass is 9.89. The molecule has 2 rings (SSSR count). The zero-order valence-electron chi connectivity index (χ0n) is 10.4. The van der Waals surface area contributed by atoms with Gasteiger partial charge in [-0.1, -0.05) is 0 Å². The Hall–Kier alpha value is -0.740. The van der Waals surface area contributed by atoms with E-state index in [1.165, 1.54) is 11.3 Å². The third-order valence-electron chi connectivity index (χ3n) is 3.36.